The molecular formula is C16H14BrN3O2. The first-order chi connectivity index (χ1) is 10.6. The molecule has 2 aromatic carbocycles. The van der Waals surface area contributed by atoms with Crippen LogP contribution in [0, 0.1) is 0 Å². The highest BCUT2D eigenvalue weighted by Crippen LogP contribution is 2.08. The summed E-state index contributed by atoms with van der Waals surface area (Å²) in [5.74, 6) is -1.53. The maximum absolute atomic E-state index is 11.6. The number of amides is 2. The average molecular weight is 360 g/mol. The number of carbonyl (C=O) groups is 2. The van der Waals surface area contributed by atoms with Crippen molar-refractivity contribution in [2.75, 3.05) is 0 Å². The average Bonchev–Trinajstić information content (AvgIpc) is 2.55. The Bertz CT molecular complexity index is 670. The van der Waals surface area contributed by atoms with E-state index in [-0.39, 0.29) is 0 Å². The SMILES string of the molecule is O=C(NCc1ccccc1)C(=O)N/N=C\c1ccc(Br)cc1. The number of nitrogens with zero attached hydrogens (tertiary/aromatic N) is 1. The van der Waals surface area contributed by atoms with Gasteiger partial charge in [-0.3, -0.25) is 9.59 Å². The summed E-state index contributed by atoms with van der Waals surface area (Å²) in [7, 11) is 0. The number of halogens is 1. The zero-order chi connectivity index (χ0) is 15.8. The highest BCUT2D eigenvalue weighted by atomic mass is 79.9. The Balaban J connectivity index is 1.79. The second-order valence-electron chi connectivity index (χ2n) is 4.42. The van der Waals surface area contributed by atoms with Crippen molar-refractivity contribution in [3.63, 3.8) is 0 Å². The summed E-state index contributed by atoms with van der Waals surface area (Å²) in [6, 6.07) is 16.7. The van der Waals surface area contributed by atoms with E-state index in [4.69, 9.17) is 0 Å². The minimum atomic E-state index is -0.802. The van der Waals surface area contributed by atoms with Crippen molar-refractivity contribution < 1.29 is 9.59 Å². The Morgan fingerprint density at radius 2 is 1.68 bits per heavy atom. The smallest absolute Gasteiger partial charge is 0.329 e. The molecule has 0 radical (unpaired) electrons. The first-order valence-electron chi connectivity index (χ1n) is 6.56. The number of nitrogens with one attached hydrogen (secondary N) is 2. The summed E-state index contributed by atoms with van der Waals surface area (Å²) >= 11 is 3.33. The van der Waals surface area contributed by atoms with Crippen molar-refractivity contribution in [2.24, 2.45) is 5.10 Å². The summed E-state index contributed by atoms with van der Waals surface area (Å²) in [5, 5.41) is 6.27. The van der Waals surface area contributed by atoms with Crippen LogP contribution in [0.5, 0.6) is 0 Å². The van der Waals surface area contributed by atoms with Crippen LogP contribution in [-0.2, 0) is 16.1 Å². The van der Waals surface area contributed by atoms with Gasteiger partial charge in [0.2, 0.25) is 0 Å². The minimum absolute atomic E-state index is 0.295. The zero-order valence-electron chi connectivity index (χ0n) is 11.6. The Labute approximate surface area is 136 Å². The second-order valence-corrected chi connectivity index (χ2v) is 5.33. The molecule has 0 aliphatic rings. The van der Waals surface area contributed by atoms with E-state index in [0.29, 0.717) is 6.54 Å². The normalized spacial score (nSPS) is 10.4. The van der Waals surface area contributed by atoms with Crippen LogP contribution in [0.1, 0.15) is 11.1 Å². The van der Waals surface area contributed by atoms with Crippen LogP contribution < -0.4 is 10.7 Å². The number of benzene rings is 2. The Hall–Kier alpha value is -2.47. The van der Waals surface area contributed by atoms with Crippen molar-refractivity contribution in [1.82, 2.24) is 10.7 Å². The Morgan fingerprint density at radius 3 is 2.36 bits per heavy atom. The van der Waals surface area contributed by atoms with Crippen molar-refractivity contribution in [3.05, 3.63) is 70.2 Å². The van der Waals surface area contributed by atoms with Gasteiger partial charge in [0.15, 0.2) is 0 Å². The van der Waals surface area contributed by atoms with Crippen molar-refractivity contribution >= 4 is 34.0 Å². The van der Waals surface area contributed by atoms with E-state index in [9.17, 15) is 9.59 Å². The molecule has 0 bridgehead atoms. The van der Waals surface area contributed by atoms with E-state index in [1.165, 1.54) is 6.21 Å². The van der Waals surface area contributed by atoms with Gasteiger partial charge in [-0.2, -0.15) is 5.10 Å². The predicted molar refractivity (Wildman–Crippen MR) is 88.2 cm³/mol. The number of carbonyl (C=O) groups excluding carboxylic acids is 2. The van der Waals surface area contributed by atoms with Gasteiger partial charge in [0.05, 0.1) is 6.21 Å². The van der Waals surface area contributed by atoms with Crippen LogP contribution in [-0.4, -0.2) is 18.0 Å². The number of rotatable bonds is 4. The quantitative estimate of drug-likeness (QED) is 0.499. The van der Waals surface area contributed by atoms with E-state index in [0.717, 1.165) is 15.6 Å². The van der Waals surface area contributed by atoms with Crippen LogP contribution in [0.3, 0.4) is 0 Å². The maximum atomic E-state index is 11.6. The molecule has 5 nitrogen and oxygen atoms in total. The molecule has 0 aliphatic heterocycles. The van der Waals surface area contributed by atoms with Gasteiger partial charge in [-0.05, 0) is 23.3 Å². The van der Waals surface area contributed by atoms with E-state index < -0.39 is 11.8 Å². The third-order valence-electron chi connectivity index (χ3n) is 2.75. The maximum Gasteiger partial charge on any atom is 0.329 e. The Kier molecular flexibility index (Phi) is 5.85. The third kappa shape index (κ3) is 5.14. The lowest BCUT2D eigenvalue weighted by Gasteiger charge is -2.03. The lowest BCUT2D eigenvalue weighted by Crippen LogP contribution is -2.37. The molecule has 0 fully saturated rings. The molecule has 2 N–H and O–H groups in total. The standard InChI is InChI=1S/C16H14BrN3O2/c17-14-8-6-13(7-9-14)11-19-20-16(22)15(21)18-10-12-4-2-1-3-5-12/h1-9,11H,10H2,(H,18,21)(H,20,22)/b19-11-. The van der Waals surface area contributed by atoms with Gasteiger partial charge in [-0.15, -0.1) is 0 Å². The molecule has 2 amide bonds. The predicted octanol–water partition coefficient (Wildman–Crippen LogP) is 2.22. The van der Waals surface area contributed by atoms with Gasteiger partial charge in [0.1, 0.15) is 0 Å². The molecular weight excluding hydrogens is 346 g/mol. The van der Waals surface area contributed by atoms with E-state index in [1.54, 1.807) is 0 Å². The zero-order valence-corrected chi connectivity index (χ0v) is 13.2. The first-order valence-corrected chi connectivity index (χ1v) is 7.35. The van der Waals surface area contributed by atoms with Gasteiger partial charge in [-0.1, -0.05) is 58.4 Å². The van der Waals surface area contributed by atoms with Crippen LogP contribution >= 0.6 is 15.9 Å². The highest BCUT2D eigenvalue weighted by Gasteiger charge is 2.11. The summed E-state index contributed by atoms with van der Waals surface area (Å²) in [5.41, 5.74) is 3.92. The Morgan fingerprint density at radius 1 is 1.00 bits per heavy atom. The highest BCUT2D eigenvalue weighted by molar-refractivity contribution is 9.10. The molecule has 22 heavy (non-hydrogen) atoms. The second kappa shape index (κ2) is 8.09. The number of hydrazone groups is 1. The van der Waals surface area contributed by atoms with Crippen molar-refractivity contribution in [2.45, 2.75) is 6.54 Å². The lowest BCUT2D eigenvalue weighted by atomic mass is 10.2. The van der Waals surface area contributed by atoms with Gasteiger partial charge in [-0.25, -0.2) is 5.43 Å². The fourth-order valence-corrected chi connectivity index (χ4v) is 1.89. The molecule has 0 saturated carbocycles. The molecule has 0 saturated heterocycles. The van der Waals surface area contributed by atoms with Crippen LogP contribution in [0.4, 0.5) is 0 Å². The summed E-state index contributed by atoms with van der Waals surface area (Å²) in [4.78, 5) is 23.2. The molecule has 6 heteroatoms. The van der Waals surface area contributed by atoms with Crippen LogP contribution in [0.25, 0.3) is 0 Å². The largest absolute Gasteiger partial charge is 0.344 e. The summed E-state index contributed by atoms with van der Waals surface area (Å²) in [6.45, 7) is 0.295. The number of hydrogen-bond acceptors (Lipinski definition) is 3. The molecule has 0 atom stereocenters. The van der Waals surface area contributed by atoms with Crippen LogP contribution in [0.15, 0.2) is 64.2 Å². The topological polar surface area (TPSA) is 70.6 Å². The van der Waals surface area contributed by atoms with E-state index in [1.807, 2.05) is 54.6 Å². The fraction of sp³-hybridized carbons (Fsp3) is 0.0625. The molecule has 2 aromatic rings. The first kappa shape index (κ1) is 15.9. The van der Waals surface area contributed by atoms with E-state index >= 15 is 0 Å². The van der Waals surface area contributed by atoms with Crippen LogP contribution in [0.2, 0.25) is 0 Å². The summed E-state index contributed by atoms with van der Waals surface area (Å²) < 4.78 is 0.953. The molecule has 112 valence electrons. The monoisotopic (exact) mass is 359 g/mol. The lowest BCUT2D eigenvalue weighted by molar-refractivity contribution is -0.139. The molecule has 0 spiro atoms. The van der Waals surface area contributed by atoms with Crippen molar-refractivity contribution in [1.29, 1.82) is 0 Å². The molecule has 0 aliphatic carbocycles. The molecule has 0 heterocycles. The molecule has 0 unspecified atom stereocenters. The van der Waals surface area contributed by atoms with Gasteiger partial charge in [0, 0.05) is 11.0 Å². The van der Waals surface area contributed by atoms with Gasteiger partial charge >= 0.3 is 11.8 Å². The fourth-order valence-electron chi connectivity index (χ4n) is 1.62. The van der Waals surface area contributed by atoms with Gasteiger partial charge < -0.3 is 5.32 Å². The van der Waals surface area contributed by atoms with Crippen molar-refractivity contribution in [3.8, 4) is 0 Å². The third-order valence-corrected chi connectivity index (χ3v) is 3.28. The van der Waals surface area contributed by atoms with E-state index in [2.05, 4.69) is 31.8 Å². The number of hydrogen-bond donors (Lipinski definition) is 2. The minimum Gasteiger partial charge on any atom is -0.344 e. The molecule has 2 rings (SSSR count). The summed E-state index contributed by atoms with van der Waals surface area (Å²) in [6.07, 6.45) is 1.47. The molecule has 0 aromatic heterocycles. The van der Waals surface area contributed by atoms with Gasteiger partial charge in [0.25, 0.3) is 0 Å².